The molecule has 1 heterocycles. The highest BCUT2D eigenvalue weighted by Gasteiger charge is 2.54. The second kappa shape index (κ2) is 9.75. The molecule has 1 saturated carbocycles. The van der Waals surface area contributed by atoms with Crippen molar-refractivity contribution in [1.82, 2.24) is 9.88 Å². The van der Waals surface area contributed by atoms with Gasteiger partial charge in [-0.05, 0) is 25.3 Å². The van der Waals surface area contributed by atoms with Gasteiger partial charge in [-0.25, -0.2) is 4.79 Å². The fraction of sp³-hybridized carbons (Fsp3) is 0.478. The van der Waals surface area contributed by atoms with Crippen LogP contribution in [0.25, 0.3) is 10.9 Å². The molecule has 1 fully saturated rings. The number of aryl methyl sites for hydroxylation is 1. The van der Waals surface area contributed by atoms with Crippen LogP contribution in [0, 0.1) is 17.2 Å². The summed E-state index contributed by atoms with van der Waals surface area (Å²) in [7, 11) is 0.484. The number of carboxylic acid groups (broad SMARTS) is 1. The Kier molecular flexibility index (Phi) is 7.22. The number of amides is 2. The van der Waals surface area contributed by atoms with Gasteiger partial charge in [0, 0.05) is 46.3 Å². The summed E-state index contributed by atoms with van der Waals surface area (Å²) in [4.78, 5) is 38.9. The van der Waals surface area contributed by atoms with Crippen LogP contribution in [0.1, 0.15) is 48.2 Å². The zero-order valence-corrected chi connectivity index (χ0v) is 19.5. The predicted molar refractivity (Wildman–Crippen MR) is 124 cm³/mol. The number of benzene rings is 1. The Balaban J connectivity index is 2.16. The maximum absolute atomic E-state index is 13.4. The molecule has 10 heteroatoms. The van der Waals surface area contributed by atoms with Crippen LogP contribution in [0.3, 0.4) is 0 Å². The van der Waals surface area contributed by atoms with Crippen molar-refractivity contribution in [3.8, 4) is 6.07 Å². The number of aromatic carboxylic acids is 1. The second-order valence-electron chi connectivity index (χ2n) is 8.50. The summed E-state index contributed by atoms with van der Waals surface area (Å²) in [5, 5.41) is 22.8. The number of fused-ring (bicyclic) bond motifs is 1. The zero-order valence-electron chi connectivity index (χ0n) is 18.7. The summed E-state index contributed by atoms with van der Waals surface area (Å²) in [6.07, 6.45) is 3.54. The molecule has 3 rings (SSSR count). The number of hydrogen-bond acceptors (Lipinski definition) is 5. The number of aromatic nitrogens is 1. The minimum Gasteiger partial charge on any atom is -0.477 e. The molecule has 0 aliphatic heterocycles. The lowest BCUT2D eigenvalue weighted by molar-refractivity contribution is -0.137. The van der Waals surface area contributed by atoms with Crippen LogP contribution in [0.5, 0.6) is 0 Å². The molecule has 4 N–H and O–H groups in total. The monoisotopic (exact) mass is 472 g/mol. The molecule has 9 nitrogen and oxygen atoms in total. The van der Waals surface area contributed by atoms with Crippen molar-refractivity contribution in [2.24, 2.45) is 18.7 Å². The van der Waals surface area contributed by atoms with E-state index in [1.807, 2.05) is 6.07 Å². The maximum atomic E-state index is 13.4. The predicted octanol–water partition coefficient (Wildman–Crippen LogP) is 1.57. The highest BCUT2D eigenvalue weighted by molar-refractivity contribution is 7.84. The van der Waals surface area contributed by atoms with Gasteiger partial charge in [-0.3, -0.25) is 13.8 Å². The van der Waals surface area contributed by atoms with Crippen molar-refractivity contribution in [2.45, 2.75) is 43.6 Å². The van der Waals surface area contributed by atoms with Crippen LogP contribution in [0.2, 0.25) is 0 Å². The quantitative estimate of drug-likeness (QED) is 0.529. The standard InChI is InChI=1S/C23H28N4O5S/c1-27-17-9-4-3-7-15(17)18(19(27)21(29)30)23(22(25)31)11-6-5-8-16(23)20(28)26-14(13-24)10-12-33(2)32/h3-4,7,9,14,16H,5-6,8,10-12H2,1-2H3,(H2,25,31)(H,26,28)(H,29,30)/t14-,16-,23-,33?/m0/s1. The molecule has 33 heavy (non-hydrogen) atoms. The minimum absolute atomic E-state index is 0.0760. The molecule has 1 aliphatic rings. The number of para-hydroxylation sites is 1. The van der Waals surface area contributed by atoms with Gasteiger partial charge in [0.05, 0.1) is 17.4 Å². The van der Waals surface area contributed by atoms with Gasteiger partial charge in [-0.2, -0.15) is 5.26 Å². The van der Waals surface area contributed by atoms with Crippen molar-refractivity contribution in [3.05, 3.63) is 35.5 Å². The van der Waals surface area contributed by atoms with Crippen LogP contribution >= 0.6 is 0 Å². The summed E-state index contributed by atoms with van der Waals surface area (Å²) < 4.78 is 12.9. The number of nitriles is 1. The molecule has 4 atom stereocenters. The third-order valence-corrected chi connectivity index (χ3v) is 7.40. The largest absolute Gasteiger partial charge is 0.477 e. The van der Waals surface area contributed by atoms with E-state index < -0.39 is 46.0 Å². The fourth-order valence-corrected chi connectivity index (χ4v) is 5.63. The molecule has 0 spiro atoms. The lowest BCUT2D eigenvalue weighted by Crippen LogP contribution is -2.56. The number of primary amides is 1. The molecular formula is C23H28N4O5S. The Morgan fingerprint density at radius 2 is 2.06 bits per heavy atom. The van der Waals surface area contributed by atoms with E-state index in [1.54, 1.807) is 31.3 Å². The molecule has 1 unspecified atom stereocenters. The van der Waals surface area contributed by atoms with Crippen LogP contribution in [0.15, 0.2) is 24.3 Å². The molecule has 1 aromatic carbocycles. The molecule has 0 saturated heterocycles. The number of nitrogens with one attached hydrogen (secondary N) is 1. The van der Waals surface area contributed by atoms with E-state index in [0.29, 0.717) is 30.2 Å². The molecule has 0 radical (unpaired) electrons. The second-order valence-corrected chi connectivity index (χ2v) is 10.0. The van der Waals surface area contributed by atoms with Crippen molar-refractivity contribution < 1.29 is 23.7 Å². The fourth-order valence-electron chi connectivity index (χ4n) is 5.07. The third kappa shape index (κ3) is 4.37. The van der Waals surface area contributed by atoms with E-state index in [0.717, 1.165) is 0 Å². The third-order valence-electron chi connectivity index (χ3n) is 6.59. The molecule has 2 aromatic rings. The van der Waals surface area contributed by atoms with E-state index in [2.05, 4.69) is 5.32 Å². The van der Waals surface area contributed by atoms with Gasteiger partial charge in [-0.1, -0.05) is 31.0 Å². The number of carboxylic acids is 1. The van der Waals surface area contributed by atoms with Crippen molar-refractivity contribution in [1.29, 1.82) is 5.26 Å². The molecule has 1 aromatic heterocycles. The number of nitrogens with zero attached hydrogens (tertiary/aromatic N) is 2. The van der Waals surface area contributed by atoms with E-state index in [9.17, 15) is 29.0 Å². The summed E-state index contributed by atoms with van der Waals surface area (Å²) in [5.74, 6) is -3.18. The number of hydrogen-bond donors (Lipinski definition) is 3. The Morgan fingerprint density at radius 1 is 1.36 bits per heavy atom. The van der Waals surface area contributed by atoms with Crippen LogP contribution in [-0.2, 0) is 32.9 Å². The van der Waals surface area contributed by atoms with Gasteiger partial charge in [0.1, 0.15) is 11.7 Å². The number of rotatable bonds is 8. The first-order valence-corrected chi connectivity index (χ1v) is 12.5. The highest BCUT2D eigenvalue weighted by atomic mass is 32.2. The topological polar surface area (TPSA) is 155 Å². The number of nitrogens with two attached hydrogens (primary N) is 1. The summed E-state index contributed by atoms with van der Waals surface area (Å²) in [6.45, 7) is 0. The first-order chi connectivity index (χ1) is 15.6. The summed E-state index contributed by atoms with van der Waals surface area (Å²) in [6, 6.07) is 8.15. The van der Waals surface area contributed by atoms with Gasteiger partial charge in [-0.15, -0.1) is 0 Å². The van der Waals surface area contributed by atoms with E-state index in [4.69, 9.17) is 5.73 Å². The summed E-state index contributed by atoms with van der Waals surface area (Å²) in [5.41, 5.74) is 5.23. The lowest BCUT2D eigenvalue weighted by atomic mass is 9.60. The molecule has 176 valence electrons. The highest BCUT2D eigenvalue weighted by Crippen LogP contribution is 2.48. The molecule has 0 bridgehead atoms. The first kappa shape index (κ1) is 24.5. The van der Waals surface area contributed by atoms with Crippen molar-refractivity contribution in [2.75, 3.05) is 12.0 Å². The van der Waals surface area contributed by atoms with Crippen LogP contribution < -0.4 is 11.1 Å². The Bertz CT molecular complexity index is 1170. The van der Waals surface area contributed by atoms with E-state index in [1.165, 1.54) is 10.8 Å². The van der Waals surface area contributed by atoms with Crippen LogP contribution in [0.4, 0.5) is 0 Å². The molecular weight excluding hydrogens is 444 g/mol. The Morgan fingerprint density at radius 3 is 2.67 bits per heavy atom. The average molecular weight is 473 g/mol. The minimum atomic E-state index is -1.54. The maximum Gasteiger partial charge on any atom is 0.352 e. The Hall–Kier alpha value is -3.19. The van der Waals surface area contributed by atoms with Crippen molar-refractivity contribution >= 4 is 39.5 Å². The van der Waals surface area contributed by atoms with Gasteiger partial charge in [0.15, 0.2) is 0 Å². The number of carbonyl (C=O) groups is 3. The van der Waals surface area contributed by atoms with Gasteiger partial charge >= 0.3 is 5.97 Å². The zero-order chi connectivity index (χ0) is 24.3. The molecule has 2 amide bonds. The van der Waals surface area contributed by atoms with Gasteiger partial charge < -0.3 is 20.7 Å². The van der Waals surface area contributed by atoms with Gasteiger partial charge in [0.2, 0.25) is 11.8 Å². The first-order valence-electron chi connectivity index (χ1n) is 10.8. The molecule has 1 aliphatic carbocycles. The van der Waals surface area contributed by atoms with Crippen LogP contribution in [-0.4, -0.2) is 49.7 Å². The SMILES string of the molecule is Cn1c(C(=O)O)c([C@]2(C(N)=O)CCCC[C@H]2C(=O)N[C@H](C#N)CCS(C)=O)c2ccccc21. The lowest BCUT2D eigenvalue weighted by Gasteiger charge is -2.41. The average Bonchev–Trinajstić information content (AvgIpc) is 3.09. The Labute approximate surface area is 194 Å². The van der Waals surface area contributed by atoms with Crippen molar-refractivity contribution in [3.63, 3.8) is 0 Å². The van der Waals surface area contributed by atoms with Gasteiger partial charge in [0.25, 0.3) is 0 Å². The van der Waals surface area contributed by atoms with E-state index in [-0.39, 0.29) is 29.9 Å². The van der Waals surface area contributed by atoms with E-state index >= 15 is 0 Å². The number of carbonyl (C=O) groups excluding carboxylic acids is 2. The summed E-state index contributed by atoms with van der Waals surface area (Å²) >= 11 is 0. The smallest absolute Gasteiger partial charge is 0.352 e. The normalized spacial score (nSPS) is 22.3.